The maximum atomic E-state index is 13.6. The molecule has 0 saturated heterocycles. The summed E-state index contributed by atoms with van der Waals surface area (Å²) in [6.45, 7) is 2.61. The Labute approximate surface area is 114 Å². The third kappa shape index (κ3) is 2.04. The van der Waals surface area contributed by atoms with E-state index in [9.17, 15) is 9.18 Å². The highest BCUT2D eigenvalue weighted by Crippen LogP contribution is 2.33. The van der Waals surface area contributed by atoms with E-state index in [1.54, 1.807) is 22.3 Å². The zero-order valence-electron chi connectivity index (χ0n) is 10.5. The van der Waals surface area contributed by atoms with Crippen LogP contribution in [0.2, 0.25) is 0 Å². The number of amides is 1. The molecule has 1 amide bonds. The summed E-state index contributed by atoms with van der Waals surface area (Å²) in [7, 11) is 0. The number of thiophene rings is 1. The molecule has 0 saturated carbocycles. The lowest BCUT2D eigenvalue weighted by atomic mass is 10.0. The Morgan fingerprint density at radius 3 is 3.16 bits per heavy atom. The van der Waals surface area contributed by atoms with E-state index < -0.39 is 5.95 Å². The van der Waals surface area contributed by atoms with Gasteiger partial charge in [-0.25, -0.2) is 4.98 Å². The van der Waals surface area contributed by atoms with Crippen LogP contribution >= 0.6 is 11.3 Å². The summed E-state index contributed by atoms with van der Waals surface area (Å²) in [5.74, 6) is -0.981. The van der Waals surface area contributed by atoms with E-state index in [-0.39, 0.29) is 17.5 Å². The van der Waals surface area contributed by atoms with Crippen LogP contribution in [0.1, 0.15) is 33.8 Å². The maximum Gasteiger partial charge on any atom is 0.259 e. The number of carbonyl (C=O) groups excluding carboxylic acids is 1. The zero-order valence-corrected chi connectivity index (χ0v) is 11.3. The van der Waals surface area contributed by atoms with Gasteiger partial charge in [0.05, 0.1) is 11.6 Å². The summed E-state index contributed by atoms with van der Waals surface area (Å²) in [5, 5.41) is 2.04. The van der Waals surface area contributed by atoms with Crippen molar-refractivity contribution in [3.63, 3.8) is 0 Å². The second-order valence-corrected chi connectivity index (χ2v) is 5.57. The van der Waals surface area contributed by atoms with Crippen LogP contribution in [0, 0.1) is 5.95 Å². The first kappa shape index (κ1) is 12.3. The minimum absolute atomic E-state index is 0.0119. The highest BCUT2D eigenvalue weighted by atomic mass is 32.1. The fraction of sp³-hybridized carbons (Fsp3) is 0.286. The van der Waals surface area contributed by atoms with Crippen molar-refractivity contribution in [3.8, 4) is 0 Å². The number of hydrogen-bond acceptors (Lipinski definition) is 3. The number of hydrogen-bond donors (Lipinski definition) is 0. The molecule has 0 N–H and O–H groups in total. The summed E-state index contributed by atoms with van der Waals surface area (Å²) in [6.07, 6.45) is 2.19. The molecule has 2 aromatic rings. The first-order valence-corrected chi connectivity index (χ1v) is 7.04. The lowest BCUT2D eigenvalue weighted by Gasteiger charge is -2.33. The lowest BCUT2D eigenvalue weighted by Crippen LogP contribution is -2.38. The molecule has 5 heteroatoms. The number of aromatic nitrogens is 1. The quantitative estimate of drug-likeness (QED) is 0.750. The van der Waals surface area contributed by atoms with Gasteiger partial charge in [0.1, 0.15) is 0 Å². The SMILES string of the molecule is CC1c2ccsc2CCN1C(=O)c1cccnc1F. The number of fused-ring (bicyclic) bond motifs is 1. The second-order valence-electron chi connectivity index (χ2n) is 4.57. The standard InChI is InChI=1S/C14H13FN2OS/c1-9-10-5-8-19-12(10)4-7-17(9)14(18)11-3-2-6-16-13(11)15/h2-3,5-6,8-9H,4,7H2,1H3. The van der Waals surface area contributed by atoms with Crippen LogP contribution in [-0.4, -0.2) is 22.3 Å². The van der Waals surface area contributed by atoms with E-state index in [0.717, 1.165) is 6.42 Å². The molecule has 3 heterocycles. The first-order chi connectivity index (χ1) is 9.18. The van der Waals surface area contributed by atoms with Gasteiger partial charge in [-0.3, -0.25) is 4.79 Å². The van der Waals surface area contributed by atoms with E-state index in [0.29, 0.717) is 6.54 Å². The molecule has 0 aromatic carbocycles. The highest BCUT2D eigenvalue weighted by Gasteiger charge is 2.30. The smallest absolute Gasteiger partial charge is 0.259 e. The summed E-state index contributed by atoms with van der Waals surface area (Å²) in [5.41, 5.74) is 1.22. The Hall–Kier alpha value is -1.75. The summed E-state index contributed by atoms with van der Waals surface area (Å²) < 4.78 is 13.6. The Kier molecular flexibility index (Phi) is 3.06. The average molecular weight is 276 g/mol. The number of pyridine rings is 1. The van der Waals surface area contributed by atoms with Crippen molar-refractivity contribution >= 4 is 17.2 Å². The molecule has 19 heavy (non-hydrogen) atoms. The Morgan fingerprint density at radius 2 is 2.37 bits per heavy atom. The molecule has 2 aromatic heterocycles. The van der Waals surface area contributed by atoms with Gasteiger partial charge < -0.3 is 4.90 Å². The Bertz CT molecular complexity index is 625. The molecular formula is C14H13FN2OS. The van der Waals surface area contributed by atoms with Gasteiger partial charge in [0.25, 0.3) is 5.91 Å². The van der Waals surface area contributed by atoms with Crippen LogP contribution in [0.25, 0.3) is 0 Å². The Balaban J connectivity index is 1.92. The van der Waals surface area contributed by atoms with Crippen LogP contribution in [0.3, 0.4) is 0 Å². The third-order valence-corrected chi connectivity index (χ3v) is 4.52. The maximum absolute atomic E-state index is 13.6. The molecule has 1 aliphatic rings. The van der Waals surface area contributed by atoms with Gasteiger partial charge in [-0.05, 0) is 42.5 Å². The predicted octanol–water partition coefficient (Wildman–Crippen LogP) is 3.04. The molecule has 0 bridgehead atoms. The Morgan fingerprint density at radius 1 is 1.53 bits per heavy atom. The first-order valence-electron chi connectivity index (χ1n) is 6.16. The van der Waals surface area contributed by atoms with Crippen LogP contribution in [0.5, 0.6) is 0 Å². The van der Waals surface area contributed by atoms with E-state index >= 15 is 0 Å². The molecule has 0 aliphatic carbocycles. The molecule has 0 radical (unpaired) electrons. The number of rotatable bonds is 1. The topological polar surface area (TPSA) is 33.2 Å². The van der Waals surface area contributed by atoms with Crippen molar-refractivity contribution in [3.05, 3.63) is 51.7 Å². The van der Waals surface area contributed by atoms with Gasteiger partial charge in [-0.1, -0.05) is 0 Å². The predicted molar refractivity (Wildman–Crippen MR) is 71.7 cm³/mol. The number of nitrogens with zero attached hydrogens (tertiary/aromatic N) is 2. The largest absolute Gasteiger partial charge is 0.331 e. The molecule has 3 nitrogen and oxygen atoms in total. The van der Waals surface area contributed by atoms with Crippen molar-refractivity contribution in [2.45, 2.75) is 19.4 Å². The molecule has 0 fully saturated rings. The number of halogens is 1. The van der Waals surface area contributed by atoms with Gasteiger partial charge in [0.2, 0.25) is 5.95 Å². The molecule has 1 atom stereocenters. The van der Waals surface area contributed by atoms with Gasteiger partial charge in [0, 0.05) is 17.6 Å². The van der Waals surface area contributed by atoms with Crippen LogP contribution in [-0.2, 0) is 6.42 Å². The van der Waals surface area contributed by atoms with Crippen LogP contribution in [0.4, 0.5) is 4.39 Å². The zero-order chi connectivity index (χ0) is 13.4. The normalized spacial score (nSPS) is 18.2. The second kappa shape index (κ2) is 4.74. The van der Waals surface area contributed by atoms with Crippen molar-refractivity contribution < 1.29 is 9.18 Å². The summed E-state index contributed by atoms with van der Waals surface area (Å²) >= 11 is 1.72. The van der Waals surface area contributed by atoms with Crippen molar-refractivity contribution in [1.29, 1.82) is 0 Å². The molecule has 1 unspecified atom stereocenters. The van der Waals surface area contributed by atoms with E-state index in [4.69, 9.17) is 0 Å². The van der Waals surface area contributed by atoms with Crippen molar-refractivity contribution in [1.82, 2.24) is 9.88 Å². The molecular weight excluding hydrogens is 263 g/mol. The molecule has 1 aliphatic heterocycles. The van der Waals surface area contributed by atoms with Crippen LogP contribution < -0.4 is 0 Å². The van der Waals surface area contributed by atoms with E-state index in [1.807, 2.05) is 18.4 Å². The third-order valence-electron chi connectivity index (χ3n) is 3.53. The lowest BCUT2D eigenvalue weighted by molar-refractivity contribution is 0.0673. The van der Waals surface area contributed by atoms with E-state index in [2.05, 4.69) is 4.98 Å². The van der Waals surface area contributed by atoms with Crippen LogP contribution in [0.15, 0.2) is 29.8 Å². The summed E-state index contributed by atoms with van der Waals surface area (Å²) in [4.78, 5) is 19.0. The number of carbonyl (C=O) groups is 1. The molecule has 0 spiro atoms. The average Bonchev–Trinajstić information content (AvgIpc) is 2.88. The monoisotopic (exact) mass is 276 g/mol. The fourth-order valence-corrected chi connectivity index (χ4v) is 3.45. The van der Waals surface area contributed by atoms with Gasteiger partial charge in [-0.2, -0.15) is 4.39 Å². The minimum atomic E-state index is -0.698. The minimum Gasteiger partial charge on any atom is -0.331 e. The van der Waals surface area contributed by atoms with Crippen molar-refractivity contribution in [2.75, 3.05) is 6.54 Å². The summed E-state index contributed by atoms with van der Waals surface area (Å²) in [6, 6.07) is 5.10. The van der Waals surface area contributed by atoms with E-state index in [1.165, 1.54) is 22.7 Å². The molecule has 3 rings (SSSR count). The van der Waals surface area contributed by atoms with Gasteiger partial charge >= 0.3 is 0 Å². The van der Waals surface area contributed by atoms with Gasteiger partial charge in [0.15, 0.2) is 0 Å². The highest BCUT2D eigenvalue weighted by molar-refractivity contribution is 7.10. The van der Waals surface area contributed by atoms with Gasteiger partial charge in [-0.15, -0.1) is 11.3 Å². The van der Waals surface area contributed by atoms with Crippen molar-refractivity contribution in [2.24, 2.45) is 0 Å². The molecule has 98 valence electrons. The fourth-order valence-electron chi connectivity index (χ4n) is 2.49.